The summed E-state index contributed by atoms with van der Waals surface area (Å²) in [6.07, 6.45) is 12.3. The first-order valence-electron chi connectivity index (χ1n) is 17.0. The van der Waals surface area contributed by atoms with Crippen LogP contribution in [0.3, 0.4) is 0 Å². The van der Waals surface area contributed by atoms with Gasteiger partial charge in [0.2, 0.25) is 0 Å². The van der Waals surface area contributed by atoms with E-state index in [0.29, 0.717) is 77.8 Å². The molecule has 53 heavy (non-hydrogen) atoms. The molecule has 1 aromatic carbocycles. The Labute approximate surface area is 317 Å². The average Bonchev–Trinajstić information content (AvgIpc) is 3.74. The topological polar surface area (TPSA) is 168 Å². The van der Waals surface area contributed by atoms with Gasteiger partial charge < -0.3 is 26.1 Å². The quantitative estimate of drug-likeness (QED) is 0.112. The summed E-state index contributed by atoms with van der Waals surface area (Å²) in [4.78, 5) is 39.5. The minimum atomic E-state index is -1.57. The van der Waals surface area contributed by atoms with Crippen LogP contribution in [0.4, 0.5) is 5.69 Å². The maximum atomic E-state index is 12.4. The van der Waals surface area contributed by atoms with E-state index in [1.54, 1.807) is 70.3 Å². The van der Waals surface area contributed by atoms with Gasteiger partial charge in [-0.1, -0.05) is 36.2 Å². The summed E-state index contributed by atoms with van der Waals surface area (Å²) in [6.45, 7) is 14.6. The average molecular weight is 756 g/mol. The van der Waals surface area contributed by atoms with Crippen LogP contribution < -0.4 is 16.2 Å². The van der Waals surface area contributed by atoms with E-state index in [2.05, 4.69) is 29.7 Å². The van der Waals surface area contributed by atoms with Crippen LogP contribution in [0.15, 0.2) is 139 Å². The molecule has 0 aromatic heterocycles. The van der Waals surface area contributed by atoms with Gasteiger partial charge >= 0.3 is 11.9 Å². The van der Waals surface area contributed by atoms with Crippen molar-refractivity contribution in [2.45, 2.75) is 47.1 Å². The predicted octanol–water partition coefficient (Wildman–Crippen LogP) is 7.46. The lowest BCUT2D eigenvalue weighted by Gasteiger charge is -2.21. The fraction of sp³-hybridized carbons (Fsp3) is 0.275. The van der Waals surface area contributed by atoms with Gasteiger partial charge in [0.05, 0.1) is 56.8 Å². The van der Waals surface area contributed by atoms with Gasteiger partial charge in [-0.05, 0) is 105 Å². The minimum absolute atomic E-state index is 0.0665. The first-order valence-corrected chi connectivity index (χ1v) is 17.8. The second-order valence-corrected chi connectivity index (χ2v) is 14.6. The Morgan fingerprint density at radius 1 is 0.943 bits per heavy atom. The number of carboxylic acids is 2. The van der Waals surface area contributed by atoms with Crippen LogP contribution >= 0.6 is 23.2 Å². The van der Waals surface area contributed by atoms with Crippen molar-refractivity contribution in [2.75, 3.05) is 5.43 Å². The normalized spacial score (nSPS) is 24.9. The van der Waals surface area contributed by atoms with Gasteiger partial charge in [0.15, 0.2) is 0 Å². The molecule has 5 aliphatic rings. The highest BCUT2D eigenvalue weighted by atomic mass is 35.5. The summed E-state index contributed by atoms with van der Waals surface area (Å²) >= 11 is 12.4. The molecule has 6 rings (SSSR count). The minimum Gasteiger partial charge on any atom is -0.481 e. The molecule has 5 aliphatic heterocycles. The number of aliphatic imine (C=N–C) groups is 3. The molecule has 0 radical (unpaired) electrons. The van der Waals surface area contributed by atoms with E-state index in [9.17, 15) is 24.9 Å². The van der Waals surface area contributed by atoms with Crippen LogP contribution in [0, 0.1) is 23.7 Å². The second kappa shape index (κ2) is 14.3. The highest BCUT2D eigenvalue weighted by Crippen LogP contribution is 2.41. The zero-order chi connectivity index (χ0) is 38.5. The summed E-state index contributed by atoms with van der Waals surface area (Å²) < 4.78 is 0. The molecule has 274 valence electrons. The highest BCUT2D eigenvalue weighted by Gasteiger charge is 2.40. The number of halogens is 2. The molecule has 5 atom stereocenters. The lowest BCUT2D eigenvalue weighted by atomic mass is 9.87. The van der Waals surface area contributed by atoms with Gasteiger partial charge in [0.1, 0.15) is 5.60 Å². The molecular weight excluding hydrogens is 715 g/mol. The summed E-state index contributed by atoms with van der Waals surface area (Å²) in [7, 11) is 0. The summed E-state index contributed by atoms with van der Waals surface area (Å²) in [5, 5.41) is 36.8. The van der Waals surface area contributed by atoms with Crippen molar-refractivity contribution < 1.29 is 24.9 Å². The van der Waals surface area contributed by atoms with Crippen molar-refractivity contribution in [3.63, 3.8) is 0 Å². The van der Waals surface area contributed by atoms with E-state index < -0.39 is 29.4 Å². The molecule has 13 heteroatoms. The van der Waals surface area contributed by atoms with E-state index in [0.717, 1.165) is 11.4 Å². The Hall–Kier alpha value is -5.23. The number of aliphatic hydroxyl groups is 1. The van der Waals surface area contributed by atoms with Gasteiger partial charge in [0.25, 0.3) is 0 Å². The van der Waals surface area contributed by atoms with Crippen molar-refractivity contribution >= 4 is 58.0 Å². The standard InChI is InChI=1S/C40H40Cl2N6O5/c1-8-24-18(2)28-14-29-19(3)36(21(5)38(49)50)33(45-29)16-34-37(22(6)39(51)52)20(4)30(46-34)15-32-25(40(7,53)35(47-32)17-31(24)44-28)11-12-43-48-27-10-9-23(41)13-26(27)42/h8-18,21-22,24,43-44,48,53H,1H2,2-7H3,(H,49,50)(H,51,52)/b12-11+,28-14?,30-15?,31-17?,33-16?. The lowest BCUT2D eigenvalue weighted by Crippen LogP contribution is -2.34. The number of benzene rings is 1. The van der Waals surface area contributed by atoms with E-state index in [1.807, 2.05) is 25.2 Å². The van der Waals surface area contributed by atoms with E-state index in [-0.39, 0.29) is 11.8 Å². The number of anilines is 1. The predicted molar refractivity (Wildman–Crippen MR) is 210 cm³/mol. The zero-order valence-electron chi connectivity index (χ0n) is 30.0. The number of rotatable bonds is 9. The maximum Gasteiger partial charge on any atom is 0.310 e. The number of carbonyl (C=O) groups is 2. The highest BCUT2D eigenvalue weighted by molar-refractivity contribution is 6.36. The number of nitrogens with one attached hydrogen (secondary N) is 3. The van der Waals surface area contributed by atoms with Crippen LogP contribution in [-0.4, -0.2) is 50.0 Å². The molecule has 0 saturated carbocycles. The fourth-order valence-corrected chi connectivity index (χ4v) is 7.57. The molecule has 0 aliphatic carbocycles. The van der Waals surface area contributed by atoms with Gasteiger partial charge in [-0.25, -0.2) is 15.0 Å². The number of fused-ring (bicyclic) bond motifs is 5. The Bertz CT molecular complexity index is 2210. The monoisotopic (exact) mass is 754 g/mol. The van der Waals surface area contributed by atoms with E-state index >= 15 is 0 Å². The first-order chi connectivity index (χ1) is 25.0. The SMILES string of the molecule is C=CC1C2=CC3=NC(=C(/C=C/NNc4ccc(Cl)cc4Cl)C3(C)O)C=C3N=C(C=C4N=C(C=C(N2)C1C)C(C)=C4C(C)C(=O)O)C(C(C)C(=O)O)=C3C. The maximum absolute atomic E-state index is 12.4. The molecule has 11 nitrogen and oxygen atoms in total. The molecule has 0 spiro atoms. The molecule has 8 bridgehead atoms. The number of allylic oxidation sites excluding steroid dienone is 8. The number of hydrogen-bond donors (Lipinski definition) is 6. The first kappa shape index (κ1) is 37.5. The van der Waals surface area contributed by atoms with Gasteiger partial charge in [-0.3, -0.25) is 15.0 Å². The number of aliphatic carboxylic acids is 2. The lowest BCUT2D eigenvalue weighted by molar-refractivity contribution is -0.140. The van der Waals surface area contributed by atoms with Crippen molar-refractivity contribution in [3.8, 4) is 0 Å². The van der Waals surface area contributed by atoms with Gasteiger partial charge in [-0.15, -0.1) is 6.58 Å². The number of hydrogen-bond acceptors (Lipinski definition) is 9. The Morgan fingerprint density at radius 3 is 2.28 bits per heavy atom. The molecule has 5 heterocycles. The van der Waals surface area contributed by atoms with Gasteiger partial charge in [0, 0.05) is 40.0 Å². The van der Waals surface area contributed by atoms with Crippen LogP contribution in [-0.2, 0) is 9.59 Å². The van der Waals surface area contributed by atoms with E-state index in [1.165, 1.54) is 0 Å². The Kier molecular flexibility index (Phi) is 10.1. The van der Waals surface area contributed by atoms with Crippen LogP contribution in [0.1, 0.15) is 41.5 Å². The molecule has 1 fully saturated rings. The molecule has 5 unspecified atom stereocenters. The third-order valence-electron chi connectivity index (χ3n) is 10.3. The van der Waals surface area contributed by atoms with E-state index in [4.69, 9.17) is 38.2 Å². The molecule has 1 aromatic rings. The summed E-state index contributed by atoms with van der Waals surface area (Å²) in [5.74, 6) is -4.14. The van der Waals surface area contributed by atoms with Crippen LogP contribution in [0.25, 0.3) is 0 Å². The molecule has 0 amide bonds. The van der Waals surface area contributed by atoms with Crippen molar-refractivity contribution in [1.82, 2.24) is 10.7 Å². The largest absolute Gasteiger partial charge is 0.481 e. The number of carboxylic acid groups (broad SMARTS) is 2. The van der Waals surface area contributed by atoms with Crippen molar-refractivity contribution in [1.29, 1.82) is 0 Å². The van der Waals surface area contributed by atoms with Gasteiger partial charge in [-0.2, -0.15) is 0 Å². The molecule has 1 saturated heterocycles. The van der Waals surface area contributed by atoms with Crippen LogP contribution in [0.2, 0.25) is 10.0 Å². The fourth-order valence-electron chi connectivity index (χ4n) is 7.11. The molecule has 6 N–H and O–H groups in total. The van der Waals surface area contributed by atoms with Crippen molar-refractivity contribution in [2.24, 2.45) is 38.6 Å². The smallest absolute Gasteiger partial charge is 0.310 e. The van der Waals surface area contributed by atoms with Crippen molar-refractivity contribution in [3.05, 3.63) is 134 Å². The van der Waals surface area contributed by atoms with Crippen LogP contribution in [0.5, 0.6) is 0 Å². The Morgan fingerprint density at radius 2 is 1.62 bits per heavy atom. The third kappa shape index (κ3) is 6.88. The summed E-state index contributed by atoms with van der Waals surface area (Å²) in [5.41, 5.74) is 11.9. The third-order valence-corrected chi connectivity index (χ3v) is 10.8. The second-order valence-electron chi connectivity index (χ2n) is 13.7. The summed E-state index contributed by atoms with van der Waals surface area (Å²) in [6, 6.07) is 5.03. The number of hydrazine groups is 1. The zero-order valence-corrected chi connectivity index (χ0v) is 31.6. The Balaban J connectivity index is 1.56. The number of nitrogens with zero attached hydrogens (tertiary/aromatic N) is 3. The molecular formula is C40H40Cl2N6O5.